The molecule has 100 valence electrons. The second-order valence-corrected chi connectivity index (χ2v) is 4.89. The number of hydrogen-bond acceptors (Lipinski definition) is 1. The average molecular weight is 331 g/mol. The Kier molecular flexibility index (Phi) is 3.85. The minimum absolute atomic E-state index is 0.218. The predicted octanol–water partition coefficient (Wildman–Crippen LogP) is 5.32. The molecule has 2 aromatic rings. The Morgan fingerprint density at radius 3 is 2.05 bits per heavy atom. The number of ether oxygens (including phenoxy) is 1. The summed E-state index contributed by atoms with van der Waals surface area (Å²) in [6.45, 7) is 1.95. The zero-order valence-electron chi connectivity index (χ0n) is 9.96. The molecule has 0 fully saturated rings. The maximum atomic E-state index is 12.0. The molecule has 19 heavy (non-hydrogen) atoms. The van der Waals surface area contributed by atoms with Crippen LogP contribution in [0.25, 0.3) is 11.1 Å². The number of aryl methyl sites for hydroxylation is 1. The Bertz CT molecular complexity index is 576. The van der Waals surface area contributed by atoms with Gasteiger partial charge in [-0.1, -0.05) is 40.2 Å². The average Bonchev–Trinajstić information content (AvgIpc) is 2.32. The number of halogens is 4. The molecule has 0 aliphatic carbocycles. The lowest BCUT2D eigenvalue weighted by molar-refractivity contribution is -0.274. The van der Waals surface area contributed by atoms with Crippen LogP contribution in [0.1, 0.15) is 5.56 Å². The molecule has 0 aliphatic heterocycles. The maximum absolute atomic E-state index is 12.0. The summed E-state index contributed by atoms with van der Waals surface area (Å²) in [7, 11) is 0. The van der Waals surface area contributed by atoms with Gasteiger partial charge in [-0.25, -0.2) is 0 Å². The molecule has 0 saturated carbocycles. The summed E-state index contributed by atoms with van der Waals surface area (Å²) in [6.07, 6.45) is -4.66. The molecule has 0 heterocycles. The molecule has 2 rings (SSSR count). The number of benzene rings is 2. The zero-order chi connectivity index (χ0) is 14.0. The van der Waals surface area contributed by atoms with Crippen molar-refractivity contribution in [2.24, 2.45) is 0 Å². The fourth-order valence-corrected chi connectivity index (χ4v) is 1.92. The van der Waals surface area contributed by atoms with Crippen molar-refractivity contribution in [1.82, 2.24) is 0 Å². The van der Waals surface area contributed by atoms with Gasteiger partial charge in [-0.3, -0.25) is 0 Å². The molecule has 0 atom stereocenters. The van der Waals surface area contributed by atoms with E-state index in [2.05, 4.69) is 20.7 Å². The number of alkyl halides is 3. The van der Waals surface area contributed by atoms with Gasteiger partial charge in [0.05, 0.1) is 0 Å². The Morgan fingerprint density at radius 1 is 0.947 bits per heavy atom. The van der Waals surface area contributed by atoms with E-state index in [1.54, 1.807) is 12.1 Å². The van der Waals surface area contributed by atoms with E-state index in [0.29, 0.717) is 0 Å². The van der Waals surface area contributed by atoms with E-state index < -0.39 is 6.36 Å². The van der Waals surface area contributed by atoms with Crippen molar-refractivity contribution < 1.29 is 17.9 Å². The lowest BCUT2D eigenvalue weighted by atomic mass is 10.0. The Balaban J connectivity index is 2.25. The highest BCUT2D eigenvalue weighted by atomic mass is 79.9. The lowest BCUT2D eigenvalue weighted by Crippen LogP contribution is -2.16. The highest BCUT2D eigenvalue weighted by molar-refractivity contribution is 9.10. The minimum atomic E-state index is -4.66. The summed E-state index contributed by atoms with van der Waals surface area (Å²) in [5, 5.41) is 0. The molecule has 0 bridgehead atoms. The van der Waals surface area contributed by atoms with Gasteiger partial charge in [0, 0.05) is 4.47 Å². The molecular weight excluding hydrogens is 321 g/mol. The normalized spacial score (nSPS) is 11.4. The number of rotatable bonds is 2. The van der Waals surface area contributed by atoms with Crippen LogP contribution in [0.15, 0.2) is 46.9 Å². The monoisotopic (exact) mass is 330 g/mol. The molecule has 1 nitrogen and oxygen atoms in total. The Morgan fingerprint density at radius 2 is 1.53 bits per heavy atom. The van der Waals surface area contributed by atoms with Crippen molar-refractivity contribution >= 4 is 15.9 Å². The summed E-state index contributed by atoms with van der Waals surface area (Å²) in [5.41, 5.74) is 2.84. The van der Waals surface area contributed by atoms with E-state index in [1.807, 2.05) is 25.1 Å². The van der Waals surface area contributed by atoms with Gasteiger partial charge in [0.15, 0.2) is 0 Å². The van der Waals surface area contributed by atoms with Crippen LogP contribution in [0.2, 0.25) is 0 Å². The van der Waals surface area contributed by atoms with Crippen LogP contribution in [0.4, 0.5) is 13.2 Å². The van der Waals surface area contributed by atoms with E-state index >= 15 is 0 Å². The van der Waals surface area contributed by atoms with Crippen LogP contribution in [-0.4, -0.2) is 6.36 Å². The minimum Gasteiger partial charge on any atom is -0.406 e. The predicted molar refractivity (Wildman–Crippen MR) is 71.0 cm³/mol. The smallest absolute Gasteiger partial charge is 0.406 e. The quantitative estimate of drug-likeness (QED) is 0.723. The summed E-state index contributed by atoms with van der Waals surface area (Å²) >= 11 is 3.40. The first kappa shape index (κ1) is 13.9. The van der Waals surface area contributed by atoms with Crippen molar-refractivity contribution in [1.29, 1.82) is 0 Å². The second kappa shape index (κ2) is 5.25. The number of hydrogen-bond donors (Lipinski definition) is 0. The summed E-state index contributed by atoms with van der Waals surface area (Å²) in [5.74, 6) is -0.218. The van der Waals surface area contributed by atoms with Crippen molar-refractivity contribution in [3.8, 4) is 16.9 Å². The Hall–Kier alpha value is -1.49. The van der Waals surface area contributed by atoms with Crippen molar-refractivity contribution in [3.63, 3.8) is 0 Å². The molecule has 0 N–H and O–H groups in total. The van der Waals surface area contributed by atoms with Crippen molar-refractivity contribution in [3.05, 3.63) is 52.5 Å². The van der Waals surface area contributed by atoms with E-state index in [-0.39, 0.29) is 5.75 Å². The van der Waals surface area contributed by atoms with E-state index in [4.69, 9.17) is 0 Å². The second-order valence-electron chi connectivity index (χ2n) is 4.04. The third-order valence-electron chi connectivity index (χ3n) is 2.58. The zero-order valence-corrected chi connectivity index (χ0v) is 11.5. The van der Waals surface area contributed by atoms with Crippen LogP contribution in [0, 0.1) is 6.92 Å². The van der Waals surface area contributed by atoms with Crippen molar-refractivity contribution in [2.45, 2.75) is 13.3 Å². The third kappa shape index (κ3) is 3.73. The summed E-state index contributed by atoms with van der Waals surface area (Å²) in [4.78, 5) is 0. The fraction of sp³-hybridized carbons (Fsp3) is 0.143. The van der Waals surface area contributed by atoms with Crippen LogP contribution < -0.4 is 4.74 Å². The van der Waals surface area contributed by atoms with Gasteiger partial charge < -0.3 is 4.74 Å². The van der Waals surface area contributed by atoms with Crippen LogP contribution >= 0.6 is 15.9 Å². The largest absolute Gasteiger partial charge is 0.573 e. The standard InChI is InChI=1S/C14H10BrF3O/c1-9-8-11(4-7-13(9)15)10-2-5-12(6-3-10)19-14(16,17)18/h2-8H,1H3. The van der Waals surface area contributed by atoms with E-state index in [1.165, 1.54) is 12.1 Å². The van der Waals surface area contributed by atoms with Gasteiger partial charge in [-0.05, 0) is 41.8 Å². The molecule has 0 saturated heterocycles. The highest BCUT2D eigenvalue weighted by Gasteiger charge is 2.30. The van der Waals surface area contributed by atoms with Crippen LogP contribution in [0.3, 0.4) is 0 Å². The molecule has 0 radical (unpaired) electrons. The van der Waals surface area contributed by atoms with Gasteiger partial charge in [0.2, 0.25) is 0 Å². The first-order valence-corrected chi connectivity index (χ1v) is 6.27. The molecule has 0 aromatic heterocycles. The van der Waals surface area contributed by atoms with E-state index in [0.717, 1.165) is 21.2 Å². The SMILES string of the molecule is Cc1cc(-c2ccc(OC(F)(F)F)cc2)ccc1Br. The molecule has 5 heteroatoms. The summed E-state index contributed by atoms with van der Waals surface area (Å²) < 4.78 is 40.9. The molecular formula is C14H10BrF3O. The third-order valence-corrected chi connectivity index (χ3v) is 3.47. The van der Waals surface area contributed by atoms with Crippen LogP contribution in [0.5, 0.6) is 5.75 Å². The molecule has 0 unspecified atom stereocenters. The molecule has 0 amide bonds. The molecule has 0 aliphatic rings. The topological polar surface area (TPSA) is 9.23 Å². The fourth-order valence-electron chi connectivity index (χ4n) is 1.67. The van der Waals surface area contributed by atoms with Gasteiger partial charge in [0.25, 0.3) is 0 Å². The highest BCUT2D eigenvalue weighted by Crippen LogP contribution is 2.28. The van der Waals surface area contributed by atoms with Gasteiger partial charge in [0.1, 0.15) is 5.75 Å². The maximum Gasteiger partial charge on any atom is 0.573 e. The summed E-state index contributed by atoms with van der Waals surface area (Å²) in [6, 6.07) is 11.6. The van der Waals surface area contributed by atoms with Crippen LogP contribution in [-0.2, 0) is 0 Å². The van der Waals surface area contributed by atoms with Crippen molar-refractivity contribution in [2.75, 3.05) is 0 Å². The van der Waals surface area contributed by atoms with Gasteiger partial charge >= 0.3 is 6.36 Å². The molecule has 0 spiro atoms. The van der Waals surface area contributed by atoms with Gasteiger partial charge in [-0.15, -0.1) is 13.2 Å². The molecule has 2 aromatic carbocycles. The Labute approximate surface area is 117 Å². The van der Waals surface area contributed by atoms with E-state index in [9.17, 15) is 13.2 Å². The van der Waals surface area contributed by atoms with Gasteiger partial charge in [-0.2, -0.15) is 0 Å². The first-order valence-electron chi connectivity index (χ1n) is 5.47. The lowest BCUT2D eigenvalue weighted by Gasteiger charge is -2.10. The first-order chi connectivity index (χ1) is 8.85.